The number of halogens is 6. The predicted molar refractivity (Wildman–Crippen MR) is 380 cm³/mol. The molecular formula is C89H62F6N2. The van der Waals surface area contributed by atoms with E-state index in [1.54, 1.807) is 0 Å². The summed E-state index contributed by atoms with van der Waals surface area (Å²) in [6, 6.07) is 83.9. The van der Waals surface area contributed by atoms with E-state index in [0.29, 0.717) is 29.2 Å². The average molecular weight is 1270 g/mol. The third-order valence-corrected chi connectivity index (χ3v) is 21.5. The Hall–Kier alpha value is -11.2. The summed E-state index contributed by atoms with van der Waals surface area (Å²) in [5, 5.41) is 0. The second-order valence-electron chi connectivity index (χ2n) is 26.4. The maximum atomic E-state index is 16.3. The van der Waals surface area contributed by atoms with Crippen LogP contribution in [-0.2, 0) is 16.2 Å². The van der Waals surface area contributed by atoms with Crippen molar-refractivity contribution in [1.29, 1.82) is 0 Å². The Morgan fingerprint density at radius 2 is 0.649 bits per heavy atom. The van der Waals surface area contributed by atoms with Crippen molar-refractivity contribution in [2.75, 3.05) is 9.80 Å². The maximum absolute atomic E-state index is 16.3. The van der Waals surface area contributed by atoms with Crippen LogP contribution in [0.25, 0.3) is 50.6 Å². The standard InChI is InChI=1S/C89H62F6N2/c1-7-55-29-31-56(32-30-55)88(76-42-52(4)26-28-54(76)6)72-22-14-10-18-64(72)68-38-34-58(44-78(68)88)97(62-49-83(92)86(95)84(93)50-62)60-36-40-70-66-20-12-16-24-74(66)89(80(70)46-60)73-23-15-11-19-65(73)69-39-35-59(45-79(69)89)96(61-47-81(90)85(94)82(91)48-61)57-33-37-67-63-17-9-13-21-71(63)87(8-2,77(67)43-57)75-41-51(3)25-27-53(75)5/h7,9-50H,1,8H2,2-6H3. The van der Waals surface area contributed by atoms with E-state index in [4.69, 9.17) is 0 Å². The molecule has 13 aromatic rings. The SMILES string of the molecule is C=Cc1ccc(C2(c3cc(C)ccc3C)c3ccccc3-c3ccc(N(c4cc(F)c(F)c(F)c4)c4ccc5c(c4)C4(c6ccccc6-c6ccc(N(c7cc(F)c(F)c(F)c7)c7ccc8c(c7)C(CC)(c7cc(C)ccc7C)c7ccccc7-8)cc64)c4ccccc4-5)cc32)cc1. The molecule has 3 unspecified atom stereocenters. The topological polar surface area (TPSA) is 6.48 Å². The van der Waals surface area contributed by atoms with E-state index in [2.05, 4.69) is 217 Å². The Balaban J connectivity index is 0.907. The van der Waals surface area contributed by atoms with Gasteiger partial charge in [-0.25, -0.2) is 26.3 Å². The van der Waals surface area contributed by atoms with E-state index in [0.717, 1.165) is 158 Å². The van der Waals surface area contributed by atoms with Crippen molar-refractivity contribution in [3.05, 3.63) is 385 Å². The lowest BCUT2D eigenvalue weighted by atomic mass is 9.66. The van der Waals surface area contributed by atoms with Crippen LogP contribution < -0.4 is 9.80 Å². The number of hydrogen-bond acceptors (Lipinski definition) is 2. The molecule has 17 rings (SSSR count). The van der Waals surface area contributed by atoms with Gasteiger partial charge in [-0.15, -0.1) is 0 Å². The van der Waals surface area contributed by atoms with Crippen LogP contribution in [0.5, 0.6) is 0 Å². The van der Waals surface area contributed by atoms with Gasteiger partial charge in [0.15, 0.2) is 34.9 Å². The molecule has 0 saturated carbocycles. The van der Waals surface area contributed by atoms with Gasteiger partial charge in [0.25, 0.3) is 0 Å². The van der Waals surface area contributed by atoms with Gasteiger partial charge in [0.05, 0.1) is 22.2 Å². The minimum atomic E-state index is -1.58. The molecule has 0 aliphatic heterocycles. The molecule has 4 aliphatic rings. The number of hydrogen-bond donors (Lipinski definition) is 0. The van der Waals surface area contributed by atoms with E-state index >= 15 is 26.3 Å². The van der Waals surface area contributed by atoms with Crippen LogP contribution in [0.1, 0.15) is 102 Å². The molecule has 0 aromatic heterocycles. The van der Waals surface area contributed by atoms with Crippen LogP contribution >= 0.6 is 0 Å². The molecule has 0 amide bonds. The Bertz CT molecular complexity index is 5470. The molecule has 8 heteroatoms. The van der Waals surface area contributed by atoms with Gasteiger partial charge in [0.2, 0.25) is 0 Å². The van der Waals surface area contributed by atoms with Crippen molar-refractivity contribution in [2.24, 2.45) is 0 Å². The predicted octanol–water partition coefficient (Wildman–Crippen LogP) is 23.8. The Labute approximate surface area is 560 Å². The first-order valence-electron chi connectivity index (χ1n) is 32.9. The fourth-order valence-corrected chi connectivity index (χ4v) is 17.4. The number of benzene rings is 13. The zero-order valence-corrected chi connectivity index (χ0v) is 53.9. The van der Waals surface area contributed by atoms with Crippen molar-refractivity contribution in [2.45, 2.75) is 57.3 Å². The first-order valence-corrected chi connectivity index (χ1v) is 32.9. The van der Waals surface area contributed by atoms with Crippen molar-refractivity contribution >= 4 is 40.2 Å². The number of fused-ring (bicyclic) bond motifs is 16. The van der Waals surface area contributed by atoms with Gasteiger partial charge in [-0.05, 0) is 205 Å². The number of nitrogens with zero attached hydrogens (tertiary/aromatic N) is 2. The minimum Gasteiger partial charge on any atom is -0.310 e. The lowest BCUT2D eigenvalue weighted by Crippen LogP contribution is -2.30. The van der Waals surface area contributed by atoms with Crippen LogP contribution in [0.2, 0.25) is 0 Å². The molecular weight excluding hydrogens is 1210 g/mol. The fourth-order valence-electron chi connectivity index (χ4n) is 17.4. The maximum Gasteiger partial charge on any atom is 0.194 e. The van der Waals surface area contributed by atoms with E-state index in [1.165, 1.54) is 0 Å². The molecule has 2 nitrogen and oxygen atoms in total. The second kappa shape index (κ2) is 21.9. The van der Waals surface area contributed by atoms with E-state index in [1.807, 2.05) is 70.5 Å². The molecule has 0 N–H and O–H groups in total. The largest absolute Gasteiger partial charge is 0.310 e. The van der Waals surface area contributed by atoms with Gasteiger partial charge in [0.1, 0.15) is 0 Å². The van der Waals surface area contributed by atoms with Gasteiger partial charge in [0, 0.05) is 52.4 Å². The van der Waals surface area contributed by atoms with E-state index < -0.39 is 51.1 Å². The van der Waals surface area contributed by atoms with Gasteiger partial charge < -0.3 is 9.80 Å². The Kier molecular flexibility index (Phi) is 13.4. The molecule has 1 spiro atoms. The second-order valence-corrected chi connectivity index (χ2v) is 26.4. The quantitative estimate of drug-likeness (QED) is 0.0941. The van der Waals surface area contributed by atoms with Crippen LogP contribution in [-0.4, -0.2) is 0 Å². The first-order chi connectivity index (χ1) is 47.1. The smallest absolute Gasteiger partial charge is 0.194 e. The summed E-state index contributed by atoms with van der Waals surface area (Å²) < 4.78 is 95.9. The van der Waals surface area contributed by atoms with Gasteiger partial charge >= 0.3 is 0 Å². The lowest BCUT2D eigenvalue weighted by Gasteiger charge is -2.36. The Morgan fingerprint density at radius 1 is 0.309 bits per heavy atom. The molecule has 97 heavy (non-hydrogen) atoms. The van der Waals surface area contributed by atoms with Crippen LogP contribution in [0.4, 0.5) is 60.5 Å². The van der Waals surface area contributed by atoms with Crippen molar-refractivity contribution in [1.82, 2.24) is 0 Å². The average Bonchev–Trinajstić information content (AvgIpc) is 1.52. The molecule has 0 bridgehead atoms. The van der Waals surface area contributed by atoms with E-state index in [-0.39, 0.29) is 11.4 Å². The monoisotopic (exact) mass is 1270 g/mol. The lowest BCUT2D eigenvalue weighted by molar-refractivity contribution is 0.447. The third-order valence-electron chi connectivity index (χ3n) is 21.5. The normalized spacial score (nSPS) is 17.0. The molecule has 0 saturated heterocycles. The summed E-state index contributed by atoms with van der Waals surface area (Å²) >= 11 is 0. The van der Waals surface area contributed by atoms with Gasteiger partial charge in [-0.2, -0.15) is 0 Å². The zero-order valence-electron chi connectivity index (χ0n) is 53.9. The van der Waals surface area contributed by atoms with Gasteiger partial charge in [-0.3, -0.25) is 0 Å². The molecule has 4 aliphatic carbocycles. The van der Waals surface area contributed by atoms with Crippen molar-refractivity contribution in [3.63, 3.8) is 0 Å². The summed E-state index contributed by atoms with van der Waals surface area (Å²) in [4.78, 5) is 3.64. The Morgan fingerprint density at radius 3 is 1.07 bits per heavy atom. The summed E-state index contributed by atoms with van der Waals surface area (Å²) in [5.74, 6) is -8.52. The highest BCUT2D eigenvalue weighted by Crippen LogP contribution is 2.65. The summed E-state index contributed by atoms with van der Waals surface area (Å²) in [6.07, 6.45) is 2.53. The zero-order chi connectivity index (χ0) is 66.6. The molecule has 13 aromatic carbocycles. The number of rotatable bonds is 11. The van der Waals surface area contributed by atoms with E-state index in [9.17, 15) is 0 Å². The van der Waals surface area contributed by atoms with Crippen LogP contribution in [0.3, 0.4) is 0 Å². The molecule has 0 heterocycles. The highest BCUT2D eigenvalue weighted by molar-refractivity contribution is 5.99. The van der Waals surface area contributed by atoms with Crippen molar-refractivity contribution < 1.29 is 26.3 Å². The van der Waals surface area contributed by atoms with Gasteiger partial charge in [-0.1, -0.05) is 213 Å². The highest BCUT2D eigenvalue weighted by atomic mass is 19.2. The fraction of sp³-hybridized carbons (Fsp3) is 0.101. The first kappa shape index (κ1) is 59.5. The molecule has 0 fully saturated rings. The summed E-state index contributed by atoms with van der Waals surface area (Å²) in [7, 11) is 0. The summed E-state index contributed by atoms with van der Waals surface area (Å²) in [5.41, 5.74) is 24.1. The van der Waals surface area contributed by atoms with Crippen LogP contribution in [0.15, 0.2) is 261 Å². The third kappa shape index (κ3) is 8.35. The summed E-state index contributed by atoms with van der Waals surface area (Å²) in [6.45, 7) is 14.7. The number of aryl methyl sites for hydroxylation is 4. The minimum absolute atomic E-state index is 0.0510. The van der Waals surface area contributed by atoms with Crippen molar-refractivity contribution in [3.8, 4) is 44.5 Å². The van der Waals surface area contributed by atoms with Crippen LogP contribution in [0, 0.1) is 62.6 Å². The number of anilines is 6. The highest BCUT2D eigenvalue weighted by Gasteiger charge is 2.53. The molecule has 470 valence electrons. The molecule has 3 atom stereocenters. The molecule has 0 radical (unpaired) electrons.